The van der Waals surface area contributed by atoms with Gasteiger partial charge in [0.15, 0.2) is 11.5 Å². The highest BCUT2D eigenvalue weighted by Gasteiger charge is 2.35. The zero-order valence-electron chi connectivity index (χ0n) is 25.7. The minimum absolute atomic E-state index is 0.354. The first-order valence-electron chi connectivity index (χ1n) is 15.7. The van der Waals surface area contributed by atoms with Crippen molar-refractivity contribution < 1.29 is 9.47 Å². The molecule has 2 heterocycles. The predicted octanol–water partition coefficient (Wildman–Crippen LogP) is 9.82. The molecule has 2 aliphatic heterocycles. The summed E-state index contributed by atoms with van der Waals surface area (Å²) in [6.45, 7) is 4.75. The molecule has 0 aliphatic carbocycles. The molecule has 226 valence electrons. The predicted molar refractivity (Wildman–Crippen MR) is 193 cm³/mol. The van der Waals surface area contributed by atoms with Gasteiger partial charge < -0.3 is 14.4 Å². The summed E-state index contributed by atoms with van der Waals surface area (Å²) in [7, 11) is 1.69. The molecule has 0 spiro atoms. The van der Waals surface area contributed by atoms with E-state index in [0.717, 1.165) is 52.1 Å². The van der Waals surface area contributed by atoms with Crippen molar-refractivity contribution in [2.45, 2.75) is 38.2 Å². The van der Waals surface area contributed by atoms with Crippen LogP contribution in [0.25, 0.3) is 0 Å². The Hall–Kier alpha value is -4.10. The van der Waals surface area contributed by atoms with E-state index >= 15 is 0 Å². The number of nitrogens with zero attached hydrogens (tertiary/aromatic N) is 2. The third-order valence-corrected chi connectivity index (χ3v) is 9.92. The molecule has 2 atom stereocenters. The normalized spacial score (nSPS) is 17.3. The van der Waals surface area contributed by atoms with Crippen molar-refractivity contribution in [2.24, 2.45) is 4.99 Å². The molecule has 0 amide bonds. The summed E-state index contributed by atoms with van der Waals surface area (Å²) >= 11 is 2.33. The third-order valence-electron chi connectivity index (χ3n) is 9.12. The highest BCUT2D eigenvalue weighted by atomic mass is 127. The van der Waals surface area contributed by atoms with Gasteiger partial charge in [-0.25, -0.2) is 0 Å². The van der Waals surface area contributed by atoms with Crippen LogP contribution in [0, 0.1) is 10.5 Å². The number of methoxy groups -OCH3 is 1. The lowest BCUT2D eigenvalue weighted by Crippen LogP contribution is -2.37. The molecule has 5 aromatic rings. The summed E-state index contributed by atoms with van der Waals surface area (Å²) in [6, 6.07) is 39.1. The van der Waals surface area contributed by atoms with Gasteiger partial charge >= 0.3 is 0 Å². The van der Waals surface area contributed by atoms with Gasteiger partial charge in [0.1, 0.15) is 6.61 Å². The van der Waals surface area contributed by atoms with Gasteiger partial charge in [0, 0.05) is 36.8 Å². The second-order valence-electron chi connectivity index (χ2n) is 12.0. The highest BCUT2D eigenvalue weighted by Crippen LogP contribution is 2.50. The number of ether oxygens (including phenoxy) is 2. The van der Waals surface area contributed by atoms with Crippen LogP contribution in [0.4, 0.5) is 11.4 Å². The molecule has 0 unspecified atom stereocenters. The van der Waals surface area contributed by atoms with Gasteiger partial charge in [-0.3, -0.25) is 4.99 Å². The summed E-state index contributed by atoms with van der Waals surface area (Å²) in [5, 5.41) is 0. The van der Waals surface area contributed by atoms with Crippen LogP contribution >= 0.6 is 22.6 Å². The first-order valence-corrected chi connectivity index (χ1v) is 16.8. The molecule has 0 aromatic heterocycles. The molecular weight excluding hydrogens is 667 g/mol. The van der Waals surface area contributed by atoms with Crippen LogP contribution in [0.2, 0.25) is 0 Å². The van der Waals surface area contributed by atoms with Crippen LogP contribution < -0.4 is 14.4 Å². The fourth-order valence-electron chi connectivity index (χ4n) is 6.86. The van der Waals surface area contributed by atoms with Crippen molar-refractivity contribution in [1.82, 2.24) is 0 Å². The van der Waals surface area contributed by atoms with Crippen molar-refractivity contribution in [1.29, 1.82) is 0 Å². The number of benzene rings is 5. The van der Waals surface area contributed by atoms with Gasteiger partial charge in [0.25, 0.3) is 0 Å². The average molecular weight is 705 g/mol. The lowest BCUT2D eigenvalue weighted by atomic mass is 9.76. The molecule has 5 aromatic carbocycles. The van der Waals surface area contributed by atoms with E-state index in [1.807, 2.05) is 12.3 Å². The van der Waals surface area contributed by atoms with E-state index in [-0.39, 0.29) is 0 Å². The first-order chi connectivity index (χ1) is 22.1. The maximum Gasteiger partial charge on any atom is 0.174 e. The Morgan fingerprint density at radius 3 is 1.98 bits per heavy atom. The Morgan fingerprint density at radius 2 is 1.40 bits per heavy atom. The van der Waals surface area contributed by atoms with Gasteiger partial charge in [-0.15, -0.1) is 0 Å². The largest absolute Gasteiger partial charge is 0.493 e. The van der Waals surface area contributed by atoms with Gasteiger partial charge in [0.05, 0.1) is 16.4 Å². The number of aryl methyl sites for hydroxylation is 1. The number of rotatable bonds is 8. The maximum atomic E-state index is 6.24. The quantitative estimate of drug-likeness (QED) is 0.119. The summed E-state index contributed by atoms with van der Waals surface area (Å²) in [4.78, 5) is 7.71. The van der Waals surface area contributed by atoms with Gasteiger partial charge in [-0.1, -0.05) is 90.5 Å². The summed E-state index contributed by atoms with van der Waals surface area (Å²) in [6.07, 6.45) is 4.18. The molecule has 5 heteroatoms. The number of hydrogen-bond acceptors (Lipinski definition) is 4. The summed E-state index contributed by atoms with van der Waals surface area (Å²) < 4.78 is 13.0. The molecule has 0 fully saturated rings. The minimum atomic E-state index is 0.354. The highest BCUT2D eigenvalue weighted by molar-refractivity contribution is 14.1. The van der Waals surface area contributed by atoms with E-state index in [1.54, 1.807) is 7.11 Å². The minimum Gasteiger partial charge on any atom is -0.493 e. The van der Waals surface area contributed by atoms with Gasteiger partial charge in [0.2, 0.25) is 0 Å². The number of hydrogen-bond donors (Lipinski definition) is 0. The van der Waals surface area contributed by atoms with Crippen LogP contribution in [-0.2, 0) is 6.61 Å². The van der Waals surface area contributed by atoms with Crippen molar-refractivity contribution in [3.63, 3.8) is 0 Å². The van der Waals surface area contributed by atoms with Crippen molar-refractivity contribution in [3.05, 3.63) is 152 Å². The maximum absolute atomic E-state index is 6.24. The molecule has 2 aliphatic rings. The lowest BCUT2D eigenvalue weighted by molar-refractivity contribution is 0.282. The molecule has 7 rings (SSSR count). The molecule has 0 N–H and O–H groups in total. The fraction of sp³-hybridized carbons (Fsp3) is 0.225. The number of anilines is 1. The van der Waals surface area contributed by atoms with E-state index in [4.69, 9.17) is 14.5 Å². The average Bonchev–Trinajstić information content (AvgIpc) is 3.08. The Bertz CT molecular complexity index is 1750. The fourth-order valence-corrected chi connectivity index (χ4v) is 7.64. The monoisotopic (exact) mass is 704 g/mol. The zero-order chi connectivity index (χ0) is 30.8. The van der Waals surface area contributed by atoms with Crippen molar-refractivity contribution >= 4 is 40.2 Å². The molecule has 0 saturated heterocycles. The van der Waals surface area contributed by atoms with Gasteiger partial charge in [-0.2, -0.15) is 0 Å². The van der Waals surface area contributed by atoms with Crippen molar-refractivity contribution in [2.75, 3.05) is 25.1 Å². The van der Waals surface area contributed by atoms with Crippen LogP contribution in [-0.4, -0.2) is 26.4 Å². The van der Waals surface area contributed by atoms with E-state index in [1.165, 1.54) is 33.5 Å². The topological polar surface area (TPSA) is 34.1 Å². The van der Waals surface area contributed by atoms with E-state index in [2.05, 4.69) is 138 Å². The van der Waals surface area contributed by atoms with E-state index in [9.17, 15) is 0 Å². The Kier molecular flexibility index (Phi) is 8.61. The van der Waals surface area contributed by atoms with Crippen LogP contribution in [0.3, 0.4) is 0 Å². The lowest BCUT2D eigenvalue weighted by Gasteiger charge is -2.43. The SMILES string of the molecule is COc1cc(C=Nc2cc3c4c(c2)[C@@H](c2ccccc2)CCN4CC[C@@H]3c2ccccc2)cc(I)c1OCc1ccc(C)cc1. The van der Waals surface area contributed by atoms with Crippen LogP contribution in [0.5, 0.6) is 11.5 Å². The first kappa shape index (κ1) is 29.6. The second kappa shape index (κ2) is 13.1. The number of aliphatic imine (C=N–C) groups is 1. The zero-order valence-corrected chi connectivity index (χ0v) is 27.9. The molecule has 45 heavy (non-hydrogen) atoms. The molecular formula is C40H37IN2O2. The molecule has 4 nitrogen and oxygen atoms in total. The number of halogens is 1. The Morgan fingerprint density at radius 1 is 0.800 bits per heavy atom. The standard InChI is InChI=1S/C40H37IN2O2/c1-27-13-15-28(16-14-27)26-45-40-37(41)21-29(22-38(40)44-2)25-42-32-23-35-33(30-9-5-3-6-10-30)17-19-43-20-18-34(36(24-32)39(35)43)31-11-7-4-8-12-31/h3-16,21-25,33-34H,17-20,26H2,1-2H3/t33-,34-/m1/s1. The molecule has 0 bridgehead atoms. The summed E-state index contributed by atoms with van der Waals surface area (Å²) in [5.41, 5.74) is 11.3. The van der Waals surface area contributed by atoms with Crippen LogP contribution in [0.15, 0.2) is 114 Å². The Balaban J connectivity index is 1.25. The third kappa shape index (κ3) is 6.23. The van der Waals surface area contributed by atoms with Crippen molar-refractivity contribution in [3.8, 4) is 11.5 Å². The van der Waals surface area contributed by atoms with E-state index in [0.29, 0.717) is 24.2 Å². The molecule has 0 radical (unpaired) electrons. The molecule has 0 saturated carbocycles. The summed E-state index contributed by atoms with van der Waals surface area (Å²) in [5.74, 6) is 2.17. The van der Waals surface area contributed by atoms with Crippen LogP contribution in [0.1, 0.15) is 63.6 Å². The smallest absolute Gasteiger partial charge is 0.174 e. The van der Waals surface area contributed by atoms with Gasteiger partial charge in [-0.05, 0) is 100 Å². The Labute approximate surface area is 279 Å². The second-order valence-corrected chi connectivity index (χ2v) is 13.2. The van der Waals surface area contributed by atoms with E-state index < -0.39 is 0 Å².